The van der Waals surface area contributed by atoms with Crippen LogP contribution in [0.1, 0.15) is 31.5 Å². The third kappa shape index (κ3) is 2.74. The molecule has 0 amide bonds. The summed E-state index contributed by atoms with van der Waals surface area (Å²) < 4.78 is 7.89. The molecular formula is C13H24N4O. The number of aromatic nitrogens is 2. The van der Waals surface area contributed by atoms with Crippen molar-refractivity contribution >= 4 is 0 Å². The summed E-state index contributed by atoms with van der Waals surface area (Å²) in [5.41, 5.74) is 1.24. The number of rotatable bonds is 4. The van der Waals surface area contributed by atoms with E-state index < -0.39 is 0 Å². The number of nitrogens with zero attached hydrogens (tertiary/aromatic N) is 3. The second kappa shape index (κ2) is 5.82. The van der Waals surface area contributed by atoms with Crippen molar-refractivity contribution in [1.82, 2.24) is 20.0 Å². The van der Waals surface area contributed by atoms with Gasteiger partial charge in [-0.15, -0.1) is 0 Å². The van der Waals surface area contributed by atoms with Crippen LogP contribution >= 0.6 is 0 Å². The normalized spacial score (nSPS) is 25.8. The van der Waals surface area contributed by atoms with Crippen molar-refractivity contribution in [2.24, 2.45) is 0 Å². The second-order valence-electron chi connectivity index (χ2n) is 5.24. The monoisotopic (exact) mass is 252 g/mol. The van der Waals surface area contributed by atoms with Crippen molar-refractivity contribution in [3.05, 3.63) is 18.0 Å². The number of hydrogen-bond acceptors (Lipinski definition) is 4. The molecule has 0 aromatic carbocycles. The molecule has 2 heterocycles. The van der Waals surface area contributed by atoms with Crippen LogP contribution in [0.3, 0.4) is 0 Å². The van der Waals surface area contributed by atoms with Crippen LogP contribution in [-0.2, 0) is 4.74 Å². The van der Waals surface area contributed by atoms with Gasteiger partial charge in [0.05, 0.1) is 24.9 Å². The minimum atomic E-state index is 0.193. The minimum absolute atomic E-state index is 0.193. The molecule has 5 nitrogen and oxygen atoms in total. The topological polar surface area (TPSA) is 42.3 Å². The molecule has 2 unspecified atom stereocenters. The van der Waals surface area contributed by atoms with E-state index in [0.717, 1.165) is 19.7 Å². The lowest BCUT2D eigenvalue weighted by Gasteiger charge is -2.38. The summed E-state index contributed by atoms with van der Waals surface area (Å²) in [5.74, 6) is 0. The Morgan fingerprint density at radius 1 is 1.56 bits per heavy atom. The minimum Gasteiger partial charge on any atom is -0.374 e. The molecule has 2 rings (SSSR count). The van der Waals surface area contributed by atoms with Crippen LogP contribution in [0.2, 0.25) is 0 Å². The Hall–Kier alpha value is -0.910. The zero-order valence-corrected chi connectivity index (χ0v) is 11.8. The quantitative estimate of drug-likeness (QED) is 0.870. The van der Waals surface area contributed by atoms with Gasteiger partial charge in [-0.3, -0.25) is 9.58 Å². The van der Waals surface area contributed by atoms with Gasteiger partial charge in [0.25, 0.3) is 0 Å². The van der Waals surface area contributed by atoms with Crippen molar-refractivity contribution < 1.29 is 4.74 Å². The van der Waals surface area contributed by atoms with Gasteiger partial charge in [-0.1, -0.05) is 0 Å². The summed E-state index contributed by atoms with van der Waals surface area (Å²) >= 11 is 0. The fraction of sp³-hybridized carbons (Fsp3) is 0.769. The summed E-state index contributed by atoms with van der Waals surface area (Å²) in [4.78, 5) is 2.35. The fourth-order valence-corrected chi connectivity index (χ4v) is 2.49. The van der Waals surface area contributed by atoms with Crippen LogP contribution < -0.4 is 5.32 Å². The lowest BCUT2D eigenvalue weighted by molar-refractivity contribution is -0.0606. The summed E-state index contributed by atoms with van der Waals surface area (Å²) in [6.07, 6.45) is 4.31. The number of nitrogens with one attached hydrogen (secondary N) is 1. The molecule has 1 aromatic rings. The van der Waals surface area contributed by atoms with E-state index in [1.54, 1.807) is 0 Å². The van der Waals surface area contributed by atoms with Crippen LogP contribution in [0, 0.1) is 0 Å². The molecule has 1 fully saturated rings. The van der Waals surface area contributed by atoms with Gasteiger partial charge >= 0.3 is 0 Å². The van der Waals surface area contributed by atoms with Crippen molar-refractivity contribution in [3.63, 3.8) is 0 Å². The average molecular weight is 252 g/mol. The van der Waals surface area contributed by atoms with Crippen LogP contribution in [0.25, 0.3) is 0 Å². The van der Waals surface area contributed by atoms with E-state index >= 15 is 0 Å². The highest BCUT2D eigenvalue weighted by Gasteiger charge is 2.31. The van der Waals surface area contributed by atoms with Gasteiger partial charge in [0.2, 0.25) is 0 Å². The first-order valence-electron chi connectivity index (χ1n) is 6.64. The Labute approximate surface area is 109 Å². The Morgan fingerprint density at radius 2 is 2.33 bits per heavy atom. The van der Waals surface area contributed by atoms with E-state index in [4.69, 9.17) is 4.74 Å². The van der Waals surface area contributed by atoms with E-state index in [2.05, 4.69) is 42.4 Å². The van der Waals surface area contributed by atoms with E-state index in [0.29, 0.717) is 12.1 Å². The lowest BCUT2D eigenvalue weighted by atomic mass is 10.0. The summed E-state index contributed by atoms with van der Waals surface area (Å²) in [5, 5.41) is 7.64. The van der Waals surface area contributed by atoms with Crippen LogP contribution in [-0.4, -0.2) is 54.6 Å². The van der Waals surface area contributed by atoms with Gasteiger partial charge in [-0.05, 0) is 27.9 Å². The number of ether oxygens (including phenoxy) is 1. The fourth-order valence-electron chi connectivity index (χ4n) is 2.49. The highest BCUT2D eigenvalue weighted by molar-refractivity contribution is 5.14. The molecule has 0 aliphatic carbocycles. The Kier molecular flexibility index (Phi) is 4.37. The number of likely N-dealkylation sites (N-methyl/N-ethyl adjacent to an activating group) is 2. The maximum Gasteiger partial charge on any atom is 0.0897 e. The zero-order chi connectivity index (χ0) is 13.1. The molecular weight excluding hydrogens is 228 g/mol. The van der Waals surface area contributed by atoms with Crippen LogP contribution in [0.4, 0.5) is 0 Å². The van der Waals surface area contributed by atoms with Crippen LogP contribution in [0.15, 0.2) is 12.4 Å². The Morgan fingerprint density at radius 3 is 2.94 bits per heavy atom. The standard InChI is InChI=1S/C13H24N4O/c1-10(2)17-9-11(7-15-17)13-12(8-14-3)18-6-5-16(13)4/h7,9-10,12-14H,5-6,8H2,1-4H3. The van der Waals surface area contributed by atoms with Gasteiger partial charge in [0, 0.05) is 30.9 Å². The molecule has 1 aliphatic heterocycles. The highest BCUT2D eigenvalue weighted by atomic mass is 16.5. The molecule has 0 bridgehead atoms. The van der Waals surface area contributed by atoms with E-state index in [1.807, 2.05) is 17.9 Å². The molecule has 1 aromatic heterocycles. The molecule has 1 N–H and O–H groups in total. The largest absolute Gasteiger partial charge is 0.374 e. The number of morpholine rings is 1. The van der Waals surface area contributed by atoms with Gasteiger partial charge in [0.15, 0.2) is 0 Å². The van der Waals surface area contributed by atoms with Gasteiger partial charge in [0.1, 0.15) is 0 Å². The van der Waals surface area contributed by atoms with E-state index in [9.17, 15) is 0 Å². The average Bonchev–Trinajstić information content (AvgIpc) is 2.79. The van der Waals surface area contributed by atoms with Gasteiger partial charge in [-0.25, -0.2) is 0 Å². The molecule has 0 spiro atoms. The van der Waals surface area contributed by atoms with Crippen molar-refractivity contribution in [1.29, 1.82) is 0 Å². The summed E-state index contributed by atoms with van der Waals surface area (Å²) in [6, 6.07) is 0.690. The molecule has 102 valence electrons. The molecule has 0 radical (unpaired) electrons. The Balaban J connectivity index is 2.19. The summed E-state index contributed by atoms with van der Waals surface area (Å²) in [6.45, 7) is 6.92. The van der Waals surface area contributed by atoms with Gasteiger partial charge in [-0.2, -0.15) is 5.10 Å². The van der Waals surface area contributed by atoms with E-state index in [-0.39, 0.29) is 6.10 Å². The predicted octanol–water partition coefficient (Wildman–Crippen LogP) is 1.06. The van der Waals surface area contributed by atoms with Crippen LogP contribution in [0.5, 0.6) is 0 Å². The predicted molar refractivity (Wildman–Crippen MR) is 71.6 cm³/mol. The SMILES string of the molecule is CNCC1OCCN(C)C1c1cnn(C(C)C)c1. The lowest BCUT2D eigenvalue weighted by Crippen LogP contribution is -2.46. The first-order chi connectivity index (χ1) is 8.63. The molecule has 0 saturated carbocycles. The first kappa shape index (κ1) is 13.5. The van der Waals surface area contributed by atoms with Gasteiger partial charge < -0.3 is 10.1 Å². The third-order valence-corrected chi connectivity index (χ3v) is 3.50. The molecule has 18 heavy (non-hydrogen) atoms. The number of hydrogen-bond donors (Lipinski definition) is 1. The highest BCUT2D eigenvalue weighted by Crippen LogP contribution is 2.28. The zero-order valence-electron chi connectivity index (χ0n) is 11.8. The molecule has 1 aliphatic rings. The summed E-state index contributed by atoms with van der Waals surface area (Å²) in [7, 11) is 4.12. The second-order valence-corrected chi connectivity index (χ2v) is 5.24. The molecule has 1 saturated heterocycles. The van der Waals surface area contributed by atoms with Crippen molar-refractivity contribution in [2.45, 2.75) is 32.0 Å². The maximum atomic E-state index is 5.88. The van der Waals surface area contributed by atoms with Crippen molar-refractivity contribution in [3.8, 4) is 0 Å². The first-order valence-corrected chi connectivity index (χ1v) is 6.64. The third-order valence-electron chi connectivity index (χ3n) is 3.50. The Bertz CT molecular complexity index is 375. The smallest absolute Gasteiger partial charge is 0.0897 e. The molecule has 5 heteroatoms. The molecule has 2 atom stereocenters. The van der Waals surface area contributed by atoms with E-state index in [1.165, 1.54) is 5.56 Å². The van der Waals surface area contributed by atoms with Crippen molar-refractivity contribution in [2.75, 3.05) is 33.8 Å². The maximum absolute atomic E-state index is 5.88.